The van der Waals surface area contributed by atoms with Crippen LogP contribution in [-0.4, -0.2) is 88.7 Å². The Hall–Kier alpha value is -5.51. The maximum absolute atomic E-state index is 14.9. The molecule has 2 aliphatic heterocycles. The highest BCUT2D eigenvalue weighted by molar-refractivity contribution is 7.91. The van der Waals surface area contributed by atoms with Crippen LogP contribution in [0.5, 0.6) is 5.88 Å². The van der Waals surface area contributed by atoms with E-state index in [0.717, 1.165) is 61.5 Å². The Kier molecular flexibility index (Phi) is 11.9. The van der Waals surface area contributed by atoms with Crippen molar-refractivity contribution in [2.24, 2.45) is 5.92 Å². The van der Waals surface area contributed by atoms with Gasteiger partial charge in [-0.25, -0.2) is 18.2 Å². The van der Waals surface area contributed by atoms with Gasteiger partial charge in [-0.05, 0) is 87.3 Å². The number of amides is 4. The van der Waals surface area contributed by atoms with Crippen LogP contribution in [0.4, 0.5) is 4.79 Å². The Labute approximate surface area is 373 Å². The number of alkyl carbamates (subject to hydrolysis) is 1. The van der Waals surface area contributed by atoms with Gasteiger partial charge in [0.2, 0.25) is 27.4 Å². The zero-order valence-corrected chi connectivity index (χ0v) is 37.6. The lowest BCUT2D eigenvalue weighted by Crippen LogP contribution is -2.58. The molecule has 1 saturated heterocycles. The number of hydrogen-bond donors (Lipinski definition) is 3. The fourth-order valence-corrected chi connectivity index (χ4v) is 10.8. The minimum Gasteiger partial charge on any atom is -0.470 e. The van der Waals surface area contributed by atoms with Crippen LogP contribution in [0.15, 0.2) is 65.1 Å². The highest BCUT2D eigenvalue weighted by Gasteiger charge is 2.62. The van der Waals surface area contributed by atoms with E-state index in [9.17, 15) is 27.6 Å². The molecule has 4 heterocycles. The van der Waals surface area contributed by atoms with Crippen LogP contribution in [0.3, 0.4) is 0 Å². The van der Waals surface area contributed by atoms with E-state index < -0.39 is 68.7 Å². The van der Waals surface area contributed by atoms with E-state index in [4.69, 9.17) is 23.9 Å². The van der Waals surface area contributed by atoms with Crippen molar-refractivity contribution < 1.29 is 41.5 Å². The van der Waals surface area contributed by atoms with E-state index in [0.29, 0.717) is 54.6 Å². The smallest absolute Gasteiger partial charge is 0.408 e. The second-order valence-electron chi connectivity index (χ2n) is 19.3. The number of nitrogens with zero attached hydrogens (tertiary/aromatic N) is 3. The number of hydrogen-bond acceptors (Lipinski definition) is 11. The highest BCUT2D eigenvalue weighted by Crippen LogP contribution is 2.46. The number of para-hydroxylation sites is 1. The molecule has 0 radical (unpaired) electrons. The van der Waals surface area contributed by atoms with E-state index >= 15 is 0 Å². The zero-order chi connectivity index (χ0) is 44.8. The number of sulfonamides is 1. The molecule has 3 N–H and O–H groups in total. The van der Waals surface area contributed by atoms with Crippen LogP contribution < -0.4 is 20.1 Å². The van der Waals surface area contributed by atoms with Crippen LogP contribution in [0.1, 0.15) is 116 Å². The minimum atomic E-state index is -3.92. The number of aromatic nitrogens is 2. The van der Waals surface area contributed by atoms with Gasteiger partial charge in [-0.3, -0.25) is 19.1 Å². The summed E-state index contributed by atoms with van der Waals surface area (Å²) in [5.41, 5.74) is 1.73. The number of rotatable bonds is 8. The third kappa shape index (κ3) is 9.20. The average Bonchev–Trinajstić information content (AvgIpc) is 4.17. The molecule has 5 atom stereocenters. The molecule has 340 valence electrons. The molecule has 15 nitrogen and oxygen atoms in total. The Morgan fingerprint density at radius 2 is 1.64 bits per heavy atom. The van der Waals surface area contributed by atoms with E-state index in [2.05, 4.69) is 36.1 Å². The number of allylic oxidation sites excluding steroid dienone is 1. The zero-order valence-electron chi connectivity index (χ0n) is 36.8. The summed E-state index contributed by atoms with van der Waals surface area (Å²) in [6.45, 7) is 6.37. The van der Waals surface area contributed by atoms with Gasteiger partial charge in [0.1, 0.15) is 40.9 Å². The molecule has 9 rings (SSSR count). The van der Waals surface area contributed by atoms with Gasteiger partial charge < -0.3 is 29.4 Å². The molecule has 64 heavy (non-hydrogen) atoms. The Bertz CT molecular complexity index is 2580. The molecule has 3 aliphatic carbocycles. The fourth-order valence-electron chi connectivity index (χ4n) is 9.41. The summed E-state index contributed by atoms with van der Waals surface area (Å²) in [6.07, 6.45) is 11.0. The molecule has 0 spiro atoms. The lowest BCUT2D eigenvalue weighted by Gasteiger charge is -2.30. The summed E-state index contributed by atoms with van der Waals surface area (Å²) >= 11 is 0. The Morgan fingerprint density at radius 3 is 2.39 bits per heavy atom. The fraction of sp³-hybridized carbons (Fsp3) is 0.542. The van der Waals surface area contributed by atoms with Crippen LogP contribution in [0.25, 0.3) is 33.5 Å². The molecule has 0 unspecified atom stereocenters. The molecule has 4 fully saturated rings. The minimum absolute atomic E-state index is 0.00324. The van der Waals surface area contributed by atoms with Crippen molar-refractivity contribution in [1.29, 1.82) is 0 Å². The van der Waals surface area contributed by atoms with Crippen molar-refractivity contribution >= 4 is 55.9 Å². The van der Waals surface area contributed by atoms with Gasteiger partial charge in [-0.1, -0.05) is 88.6 Å². The third-order valence-corrected chi connectivity index (χ3v) is 15.3. The van der Waals surface area contributed by atoms with Gasteiger partial charge in [-0.15, -0.1) is 0 Å². The third-order valence-electron chi connectivity index (χ3n) is 13.4. The van der Waals surface area contributed by atoms with E-state index in [1.165, 1.54) is 4.90 Å². The van der Waals surface area contributed by atoms with Crippen molar-refractivity contribution in [3.05, 3.63) is 66.2 Å². The van der Waals surface area contributed by atoms with E-state index in [1.807, 2.05) is 60.7 Å². The van der Waals surface area contributed by atoms with Crippen molar-refractivity contribution in [2.45, 2.75) is 151 Å². The van der Waals surface area contributed by atoms with Crippen molar-refractivity contribution in [2.75, 3.05) is 6.54 Å². The Morgan fingerprint density at radius 1 is 0.906 bits per heavy atom. The van der Waals surface area contributed by atoms with Crippen molar-refractivity contribution in [3.63, 3.8) is 0 Å². The second-order valence-corrected chi connectivity index (χ2v) is 21.3. The maximum atomic E-state index is 14.9. The van der Waals surface area contributed by atoms with Gasteiger partial charge in [0.05, 0.1) is 11.8 Å². The highest BCUT2D eigenvalue weighted by atomic mass is 32.2. The molecular weight excluding hydrogens is 837 g/mol. The summed E-state index contributed by atoms with van der Waals surface area (Å²) in [5, 5.41) is 5.91. The molecule has 2 aromatic carbocycles. The summed E-state index contributed by atoms with van der Waals surface area (Å²) in [6, 6.07) is 13.4. The molecule has 16 heteroatoms. The number of benzene rings is 2. The van der Waals surface area contributed by atoms with Crippen LogP contribution >= 0.6 is 0 Å². The van der Waals surface area contributed by atoms with Crippen LogP contribution in [0.2, 0.25) is 0 Å². The number of ether oxygens (including phenoxy) is 2. The van der Waals surface area contributed by atoms with Crippen molar-refractivity contribution in [1.82, 2.24) is 30.2 Å². The van der Waals surface area contributed by atoms with Gasteiger partial charge in [0.15, 0.2) is 5.82 Å². The van der Waals surface area contributed by atoms with E-state index in [-0.39, 0.29) is 36.8 Å². The molecule has 4 amide bonds. The summed E-state index contributed by atoms with van der Waals surface area (Å²) in [7, 11) is -3.92. The number of carbonyl (C=O) groups is 4. The lowest BCUT2D eigenvalue weighted by molar-refractivity contribution is -0.141. The first-order valence-corrected chi connectivity index (χ1v) is 24.5. The SMILES string of the molecule is CC(C)(C)c1ccc(-c2nc(O[C@@H]3C[C@H]4C(=O)N[C@]5(C(=O)NS(=O)(=O)C6CC6)C[C@H]5/C=C\CCCCC[C@H](NC(=O)OC5CCCCC5)C(=O)N4C3)c3oc4ccccc4c3n2)cc1. The van der Waals surface area contributed by atoms with Gasteiger partial charge in [0.25, 0.3) is 11.8 Å². The lowest BCUT2D eigenvalue weighted by atomic mass is 9.87. The first-order valence-electron chi connectivity index (χ1n) is 23.0. The summed E-state index contributed by atoms with van der Waals surface area (Å²) in [5.74, 6) is -1.83. The average molecular weight is 895 g/mol. The molecule has 4 aromatic rings. The normalized spacial score (nSPS) is 26.5. The summed E-state index contributed by atoms with van der Waals surface area (Å²) in [4.78, 5) is 68.2. The van der Waals surface area contributed by atoms with Crippen molar-refractivity contribution in [3.8, 4) is 17.3 Å². The van der Waals surface area contributed by atoms with Crippen LogP contribution in [0, 0.1) is 5.92 Å². The topological polar surface area (TPSA) is 199 Å². The molecular formula is C48H58N6O9S. The first kappa shape index (κ1) is 43.7. The van der Waals surface area contributed by atoms with E-state index in [1.54, 1.807) is 0 Å². The van der Waals surface area contributed by atoms with Gasteiger partial charge in [-0.2, -0.15) is 4.98 Å². The number of furan rings is 1. The predicted molar refractivity (Wildman–Crippen MR) is 240 cm³/mol. The predicted octanol–water partition coefficient (Wildman–Crippen LogP) is 7.12. The largest absolute Gasteiger partial charge is 0.470 e. The molecule has 2 aromatic heterocycles. The number of fused-ring (bicyclic) bond motifs is 5. The molecule has 5 aliphatic rings. The Balaban J connectivity index is 1.05. The summed E-state index contributed by atoms with van der Waals surface area (Å²) < 4.78 is 47.1. The van der Waals surface area contributed by atoms with Crippen LogP contribution in [-0.2, 0) is 34.6 Å². The quantitative estimate of drug-likeness (QED) is 0.152. The second kappa shape index (κ2) is 17.5. The first-order chi connectivity index (χ1) is 30.7. The number of nitrogens with one attached hydrogen (secondary N) is 3. The molecule has 0 bridgehead atoms. The standard InChI is InChI=1S/C48H58N6O9S/c1-47(2,3)30-22-20-29(21-23-30)41-50-39-35-17-12-13-19-38(35)63-40(39)43(51-41)61-33-26-37-42(55)52-48(45(57)53-64(59,60)34-24-25-34)27-31(48)14-8-5-4-6-11-18-36(44(56)54(37)28-33)49-46(58)62-32-15-9-7-10-16-32/h8,12-14,17,19-23,31-34,36-37H,4-7,9-11,15-16,18,24-28H2,1-3H3,(H,49,58)(H,52,55)(H,53,57)/b14-8-/t31-,33-,36+,37+,48-/m1/s1. The van der Waals surface area contributed by atoms with Gasteiger partial charge in [0, 0.05) is 23.3 Å². The van der Waals surface area contributed by atoms with Gasteiger partial charge >= 0.3 is 6.09 Å². The maximum Gasteiger partial charge on any atom is 0.408 e. The monoisotopic (exact) mass is 894 g/mol. The number of carbonyl (C=O) groups excluding carboxylic acids is 4. The molecule has 3 saturated carbocycles.